The Morgan fingerprint density at radius 2 is 2.00 bits per heavy atom. The Bertz CT molecular complexity index is 654. The Kier molecular flexibility index (Phi) is 5.34. The van der Waals surface area contributed by atoms with Crippen molar-refractivity contribution in [3.8, 4) is 0 Å². The highest BCUT2D eigenvalue weighted by atomic mass is 35.5. The minimum atomic E-state index is -4.64. The molecule has 1 aliphatic heterocycles. The molecule has 1 aromatic rings. The second kappa shape index (κ2) is 6.94. The number of imide groups is 1. The SMILES string of the molecule is CCOCC1C(=O)N(Nc2ccc(C(F)(F)F)c(Cl)n2)C(=O)C1C. The zero-order valence-electron chi connectivity index (χ0n) is 12.9. The van der Waals surface area contributed by atoms with Crippen molar-refractivity contribution in [2.75, 3.05) is 18.6 Å². The first kappa shape index (κ1) is 18.5. The maximum Gasteiger partial charge on any atom is 0.419 e. The highest BCUT2D eigenvalue weighted by Crippen LogP contribution is 2.34. The molecule has 0 radical (unpaired) electrons. The van der Waals surface area contributed by atoms with Gasteiger partial charge >= 0.3 is 6.18 Å². The number of nitrogens with zero attached hydrogens (tertiary/aromatic N) is 2. The summed E-state index contributed by atoms with van der Waals surface area (Å²) in [6.07, 6.45) is -4.64. The molecule has 2 atom stereocenters. The first-order valence-electron chi connectivity index (χ1n) is 7.12. The van der Waals surface area contributed by atoms with Crippen molar-refractivity contribution in [1.29, 1.82) is 0 Å². The molecule has 1 fully saturated rings. The Hall–Kier alpha value is -1.87. The van der Waals surface area contributed by atoms with E-state index in [2.05, 4.69) is 10.4 Å². The lowest BCUT2D eigenvalue weighted by Gasteiger charge is -2.17. The summed E-state index contributed by atoms with van der Waals surface area (Å²) >= 11 is 5.52. The molecule has 0 saturated carbocycles. The van der Waals surface area contributed by atoms with Crippen LogP contribution in [0.2, 0.25) is 5.15 Å². The summed E-state index contributed by atoms with van der Waals surface area (Å²) in [4.78, 5) is 28.0. The normalized spacial score (nSPS) is 21.5. The molecule has 2 heterocycles. The summed E-state index contributed by atoms with van der Waals surface area (Å²) in [6, 6.07) is 1.72. The van der Waals surface area contributed by atoms with Gasteiger partial charge in [-0.05, 0) is 19.1 Å². The van der Waals surface area contributed by atoms with E-state index in [1.807, 2.05) is 0 Å². The minimum Gasteiger partial charge on any atom is -0.381 e. The topological polar surface area (TPSA) is 71.5 Å². The molecular formula is C14H15ClF3N3O3. The van der Waals surface area contributed by atoms with Crippen LogP contribution in [-0.4, -0.2) is 35.0 Å². The second-order valence-electron chi connectivity index (χ2n) is 5.21. The number of alkyl halides is 3. The number of carbonyl (C=O) groups excluding carboxylic acids is 2. The average Bonchev–Trinajstić information content (AvgIpc) is 2.68. The first-order chi connectivity index (χ1) is 11.2. The predicted molar refractivity (Wildman–Crippen MR) is 78.9 cm³/mol. The van der Waals surface area contributed by atoms with Crippen LogP contribution in [0, 0.1) is 11.8 Å². The minimum absolute atomic E-state index is 0.0849. The van der Waals surface area contributed by atoms with Gasteiger partial charge in [-0.1, -0.05) is 18.5 Å². The standard InChI is InChI=1S/C14H15ClF3N3O3/c1-3-24-6-8-7(2)12(22)21(13(8)23)20-10-5-4-9(11(15)19-10)14(16,17)18/h4-5,7-8H,3,6H2,1-2H3,(H,19,20). The van der Waals surface area contributed by atoms with Crippen LogP contribution in [-0.2, 0) is 20.5 Å². The van der Waals surface area contributed by atoms with Gasteiger partial charge in [0.1, 0.15) is 11.0 Å². The van der Waals surface area contributed by atoms with Crippen LogP contribution >= 0.6 is 11.6 Å². The maximum absolute atomic E-state index is 12.7. The van der Waals surface area contributed by atoms with E-state index in [-0.39, 0.29) is 12.4 Å². The van der Waals surface area contributed by atoms with Crippen molar-refractivity contribution in [2.24, 2.45) is 11.8 Å². The number of aromatic nitrogens is 1. The van der Waals surface area contributed by atoms with Gasteiger partial charge in [0, 0.05) is 6.61 Å². The van der Waals surface area contributed by atoms with Crippen molar-refractivity contribution < 1.29 is 27.5 Å². The smallest absolute Gasteiger partial charge is 0.381 e. The van der Waals surface area contributed by atoms with Gasteiger partial charge in [-0.25, -0.2) is 4.98 Å². The molecule has 2 amide bonds. The summed E-state index contributed by atoms with van der Waals surface area (Å²) in [7, 11) is 0. The third kappa shape index (κ3) is 3.62. The molecule has 1 N–H and O–H groups in total. The Morgan fingerprint density at radius 1 is 1.33 bits per heavy atom. The van der Waals surface area contributed by atoms with Gasteiger partial charge in [0.2, 0.25) is 0 Å². The summed E-state index contributed by atoms with van der Waals surface area (Å²) in [5.74, 6) is -2.45. The predicted octanol–water partition coefficient (Wildman–Crippen LogP) is 2.74. The Balaban J connectivity index is 2.17. The number of halogens is 4. The molecule has 0 bridgehead atoms. The third-order valence-electron chi connectivity index (χ3n) is 3.63. The zero-order valence-corrected chi connectivity index (χ0v) is 13.6. The zero-order chi connectivity index (χ0) is 18.1. The van der Waals surface area contributed by atoms with Crippen molar-refractivity contribution >= 4 is 29.2 Å². The number of hydrogen-bond donors (Lipinski definition) is 1. The highest BCUT2D eigenvalue weighted by Gasteiger charge is 2.45. The molecule has 1 aliphatic rings. The molecule has 2 unspecified atom stereocenters. The molecule has 1 saturated heterocycles. The number of hydrogen-bond acceptors (Lipinski definition) is 5. The number of pyridine rings is 1. The van der Waals surface area contributed by atoms with Crippen molar-refractivity contribution in [2.45, 2.75) is 20.0 Å². The quantitative estimate of drug-likeness (QED) is 0.641. The van der Waals surface area contributed by atoms with Gasteiger partial charge in [0.05, 0.1) is 24.0 Å². The van der Waals surface area contributed by atoms with E-state index in [0.29, 0.717) is 6.61 Å². The fraction of sp³-hybridized carbons (Fsp3) is 0.500. The highest BCUT2D eigenvalue weighted by molar-refractivity contribution is 6.30. The fourth-order valence-corrected chi connectivity index (χ4v) is 2.52. The van der Waals surface area contributed by atoms with Crippen molar-refractivity contribution in [3.63, 3.8) is 0 Å². The van der Waals surface area contributed by atoms with Crippen LogP contribution in [0.5, 0.6) is 0 Å². The van der Waals surface area contributed by atoms with Gasteiger partial charge in [-0.3, -0.25) is 15.0 Å². The van der Waals surface area contributed by atoms with Gasteiger partial charge < -0.3 is 4.74 Å². The van der Waals surface area contributed by atoms with E-state index in [4.69, 9.17) is 16.3 Å². The molecular weight excluding hydrogens is 351 g/mol. The van der Waals surface area contributed by atoms with E-state index >= 15 is 0 Å². The number of rotatable bonds is 5. The number of carbonyl (C=O) groups is 2. The lowest BCUT2D eigenvalue weighted by Crippen LogP contribution is -2.37. The van der Waals surface area contributed by atoms with Crippen LogP contribution < -0.4 is 5.43 Å². The van der Waals surface area contributed by atoms with E-state index in [1.54, 1.807) is 13.8 Å². The molecule has 24 heavy (non-hydrogen) atoms. The average molecular weight is 366 g/mol. The monoisotopic (exact) mass is 365 g/mol. The van der Waals surface area contributed by atoms with Gasteiger partial charge in [0.15, 0.2) is 0 Å². The number of hydrazine groups is 1. The van der Waals surface area contributed by atoms with Crippen LogP contribution in [0.15, 0.2) is 12.1 Å². The molecule has 0 aliphatic carbocycles. The molecule has 1 aromatic heterocycles. The van der Waals surface area contributed by atoms with E-state index in [1.165, 1.54) is 0 Å². The van der Waals surface area contributed by atoms with Crippen molar-refractivity contribution in [3.05, 3.63) is 22.8 Å². The van der Waals surface area contributed by atoms with Crippen LogP contribution in [0.25, 0.3) is 0 Å². The summed E-state index contributed by atoms with van der Waals surface area (Å²) in [5.41, 5.74) is 1.31. The number of amides is 2. The van der Waals surface area contributed by atoms with Crippen LogP contribution in [0.4, 0.5) is 19.0 Å². The maximum atomic E-state index is 12.7. The second-order valence-corrected chi connectivity index (χ2v) is 5.57. The molecule has 6 nitrogen and oxygen atoms in total. The lowest BCUT2D eigenvalue weighted by molar-refractivity contribution is -0.139. The molecule has 2 rings (SSSR count). The third-order valence-corrected chi connectivity index (χ3v) is 3.92. The van der Waals surface area contributed by atoms with Gasteiger partial charge in [-0.2, -0.15) is 18.2 Å². The summed E-state index contributed by atoms with van der Waals surface area (Å²) in [5, 5.41) is -0.0363. The molecule has 0 spiro atoms. The first-order valence-corrected chi connectivity index (χ1v) is 7.50. The number of ether oxygens (including phenoxy) is 1. The van der Waals surface area contributed by atoms with Crippen LogP contribution in [0.1, 0.15) is 19.4 Å². The van der Waals surface area contributed by atoms with E-state index in [0.717, 1.165) is 17.1 Å². The van der Waals surface area contributed by atoms with Gasteiger partial charge in [-0.15, -0.1) is 0 Å². The Labute approximate surface area is 140 Å². The summed E-state index contributed by atoms with van der Waals surface area (Å²) < 4.78 is 43.1. The van der Waals surface area contributed by atoms with E-state index in [9.17, 15) is 22.8 Å². The Morgan fingerprint density at radius 3 is 2.54 bits per heavy atom. The lowest BCUT2D eigenvalue weighted by atomic mass is 9.98. The number of anilines is 1. The molecule has 10 heteroatoms. The number of nitrogens with one attached hydrogen (secondary N) is 1. The largest absolute Gasteiger partial charge is 0.419 e. The van der Waals surface area contributed by atoms with Gasteiger partial charge in [0.25, 0.3) is 11.8 Å². The van der Waals surface area contributed by atoms with Crippen LogP contribution in [0.3, 0.4) is 0 Å². The molecule has 0 aromatic carbocycles. The molecule has 132 valence electrons. The summed E-state index contributed by atoms with van der Waals surface area (Å²) in [6.45, 7) is 3.82. The van der Waals surface area contributed by atoms with E-state index < -0.39 is 40.5 Å². The van der Waals surface area contributed by atoms with Crippen molar-refractivity contribution in [1.82, 2.24) is 9.99 Å². The fourth-order valence-electron chi connectivity index (χ4n) is 2.26.